The summed E-state index contributed by atoms with van der Waals surface area (Å²) in [7, 11) is -1.85. The zero-order chi connectivity index (χ0) is 20.1. The van der Waals surface area contributed by atoms with Crippen LogP contribution in [-0.2, 0) is 4.43 Å². The molecule has 2 rings (SSSR count). The van der Waals surface area contributed by atoms with E-state index in [4.69, 9.17) is 4.43 Å². The van der Waals surface area contributed by atoms with Crippen LogP contribution in [0.2, 0.25) is 18.1 Å². The maximum Gasteiger partial charge on any atom is 0.192 e. The molecule has 0 saturated carbocycles. The lowest BCUT2D eigenvalue weighted by Crippen LogP contribution is -2.41. The van der Waals surface area contributed by atoms with Gasteiger partial charge < -0.3 is 9.53 Å². The Labute approximate surface area is 166 Å². The van der Waals surface area contributed by atoms with Crippen molar-refractivity contribution in [3.05, 3.63) is 83.9 Å². The third-order valence-corrected chi connectivity index (χ3v) is 10.3. The monoisotopic (exact) mass is 382 g/mol. The summed E-state index contributed by atoms with van der Waals surface area (Å²) in [6.07, 6.45) is -0.0115. The van der Waals surface area contributed by atoms with Crippen LogP contribution in [0.15, 0.2) is 72.8 Å². The number of benzene rings is 2. The van der Waals surface area contributed by atoms with Crippen LogP contribution in [0.4, 0.5) is 0 Å². The zero-order valence-electron chi connectivity index (χ0n) is 17.4. The minimum Gasteiger partial charge on any atom is -0.416 e. The zero-order valence-corrected chi connectivity index (χ0v) is 18.4. The van der Waals surface area contributed by atoms with E-state index < -0.39 is 14.4 Å². The first-order chi connectivity index (χ1) is 12.6. The smallest absolute Gasteiger partial charge is 0.192 e. The fourth-order valence-electron chi connectivity index (χ4n) is 2.83. The second kappa shape index (κ2) is 9.00. The van der Waals surface area contributed by atoms with Crippen molar-refractivity contribution in [1.29, 1.82) is 0 Å². The fraction of sp³-hybridized carbons (Fsp3) is 0.417. The van der Waals surface area contributed by atoms with Crippen molar-refractivity contribution in [2.45, 2.75) is 57.3 Å². The van der Waals surface area contributed by atoms with Crippen LogP contribution in [0.25, 0.3) is 0 Å². The molecule has 0 heterocycles. The molecule has 2 aromatic rings. The normalized spacial score (nSPS) is 14.6. The summed E-state index contributed by atoms with van der Waals surface area (Å²) in [6.45, 7) is 16.3. The van der Waals surface area contributed by atoms with Gasteiger partial charge in [-0.2, -0.15) is 0 Å². The summed E-state index contributed by atoms with van der Waals surface area (Å²) in [5.41, 5.74) is 3.13. The number of rotatable bonds is 8. The molecule has 0 saturated heterocycles. The molecule has 146 valence electrons. The Morgan fingerprint density at radius 3 is 1.93 bits per heavy atom. The third kappa shape index (κ3) is 5.90. The average Bonchev–Trinajstić information content (AvgIpc) is 2.62. The van der Waals surface area contributed by atoms with Crippen LogP contribution >= 0.6 is 0 Å². The molecule has 3 heteroatoms. The van der Waals surface area contributed by atoms with Gasteiger partial charge >= 0.3 is 0 Å². The summed E-state index contributed by atoms with van der Waals surface area (Å²) in [5, 5.41) is 10.8. The van der Waals surface area contributed by atoms with Gasteiger partial charge in [-0.05, 0) is 35.7 Å². The lowest BCUT2D eigenvalue weighted by molar-refractivity contribution is 0.173. The second-order valence-electron chi connectivity index (χ2n) is 8.82. The van der Waals surface area contributed by atoms with Crippen LogP contribution < -0.4 is 0 Å². The van der Waals surface area contributed by atoms with E-state index in [0.717, 1.165) is 11.1 Å². The van der Waals surface area contributed by atoms with E-state index in [9.17, 15) is 5.11 Å². The highest BCUT2D eigenvalue weighted by atomic mass is 28.4. The van der Waals surface area contributed by atoms with Gasteiger partial charge in [0.1, 0.15) is 0 Å². The first-order valence-electron chi connectivity index (χ1n) is 9.71. The number of hydrogen-bond donors (Lipinski definition) is 1. The predicted octanol–water partition coefficient (Wildman–Crippen LogP) is 6.47. The van der Waals surface area contributed by atoms with E-state index in [2.05, 4.69) is 64.7 Å². The van der Waals surface area contributed by atoms with Crippen molar-refractivity contribution < 1.29 is 9.53 Å². The standard InChI is InChI=1S/C24H34O2Si/c1-19(17-23(25)21-15-11-8-12-16-21)22(20-13-9-7-10-14-20)18-26-27(5,6)24(2,3)4/h7-16,22-23,25H,1,17-18H2,2-6H3/t22-,23-/m1/s1. The van der Waals surface area contributed by atoms with Crippen molar-refractivity contribution in [2.75, 3.05) is 6.61 Å². The Kier molecular flexibility index (Phi) is 7.21. The van der Waals surface area contributed by atoms with Crippen LogP contribution in [0.3, 0.4) is 0 Å². The molecule has 0 aliphatic rings. The molecule has 0 amide bonds. The Hall–Kier alpha value is -1.68. The highest BCUT2D eigenvalue weighted by Crippen LogP contribution is 2.38. The molecule has 2 nitrogen and oxygen atoms in total. The molecule has 1 N–H and O–H groups in total. The van der Waals surface area contributed by atoms with E-state index >= 15 is 0 Å². The largest absolute Gasteiger partial charge is 0.416 e. The molecule has 2 atom stereocenters. The van der Waals surface area contributed by atoms with Gasteiger partial charge in [-0.1, -0.05) is 93.6 Å². The SMILES string of the molecule is C=C(C[C@@H](O)c1ccccc1)[C@@H](CO[Si](C)(C)C(C)(C)C)c1ccccc1. The number of aliphatic hydroxyl groups is 1. The molecule has 0 aromatic heterocycles. The number of aliphatic hydroxyl groups excluding tert-OH is 1. The Bertz CT molecular complexity index is 717. The second-order valence-corrected chi connectivity index (χ2v) is 13.6. The summed E-state index contributed by atoms with van der Waals surface area (Å²) < 4.78 is 6.52. The maximum atomic E-state index is 10.7. The summed E-state index contributed by atoms with van der Waals surface area (Å²) in [6, 6.07) is 20.2. The third-order valence-electron chi connectivity index (χ3n) is 5.75. The van der Waals surface area contributed by atoms with Crippen LogP contribution in [0, 0.1) is 0 Å². The van der Waals surface area contributed by atoms with Gasteiger partial charge in [0.2, 0.25) is 0 Å². The molecule has 0 fully saturated rings. The van der Waals surface area contributed by atoms with Gasteiger partial charge in [-0.15, -0.1) is 0 Å². The molecule has 27 heavy (non-hydrogen) atoms. The van der Waals surface area contributed by atoms with Gasteiger partial charge in [0.15, 0.2) is 8.32 Å². The minimum absolute atomic E-state index is 0.0821. The van der Waals surface area contributed by atoms with Crippen LogP contribution in [-0.4, -0.2) is 20.0 Å². The van der Waals surface area contributed by atoms with E-state index in [1.54, 1.807) is 0 Å². The average molecular weight is 383 g/mol. The topological polar surface area (TPSA) is 29.5 Å². The summed E-state index contributed by atoms with van der Waals surface area (Å²) >= 11 is 0. The molecule has 0 aliphatic carbocycles. The van der Waals surface area contributed by atoms with E-state index in [-0.39, 0.29) is 11.0 Å². The molecule has 0 spiro atoms. The van der Waals surface area contributed by atoms with E-state index in [1.807, 2.05) is 36.4 Å². The number of hydrogen-bond acceptors (Lipinski definition) is 2. The molecule has 0 bridgehead atoms. The first-order valence-corrected chi connectivity index (χ1v) is 12.6. The highest BCUT2D eigenvalue weighted by molar-refractivity contribution is 6.74. The van der Waals surface area contributed by atoms with Crippen molar-refractivity contribution >= 4 is 8.32 Å². The van der Waals surface area contributed by atoms with E-state index in [0.29, 0.717) is 13.0 Å². The van der Waals surface area contributed by atoms with Crippen molar-refractivity contribution in [1.82, 2.24) is 0 Å². The van der Waals surface area contributed by atoms with Crippen molar-refractivity contribution in [3.63, 3.8) is 0 Å². The predicted molar refractivity (Wildman–Crippen MR) is 117 cm³/mol. The molecular weight excluding hydrogens is 348 g/mol. The Balaban J connectivity index is 2.16. The summed E-state index contributed by atoms with van der Waals surface area (Å²) in [4.78, 5) is 0. The Morgan fingerprint density at radius 2 is 1.44 bits per heavy atom. The lowest BCUT2D eigenvalue weighted by Gasteiger charge is -2.37. The van der Waals surface area contributed by atoms with Gasteiger partial charge in [-0.25, -0.2) is 0 Å². The fourth-order valence-corrected chi connectivity index (χ4v) is 3.84. The van der Waals surface area contributed by atoms with Gasteiger partial charge in [0, 0.05) is 12.5 Å². The minimum atomic E-state index is -1.85. The molecule has 0 radical (unpaired) electrons. The molecule has 0 unspecified atom stereocenters. The lowest BCUT2D eigenvalue weighted by atomic mass is 9.88. The van der Waals surface area contributed by atoms with E-state index in [1.165, 1.54) is 5.56 Å². The van der Waals surface area contributed by atoms with Gasteiger partial charge in [0.25, 0.3) is 0 Å². The molecular formula is C24H34O2Si. The van der Waals surface area contributed by atoms with Crippen LogP contribution in [0.5, 0.6) is 0 Å². The van der Waals surface area contributed by atoms with Crippen molar-refractivity contribution in [2.24, 2.45) is 0 Å². The maximum absolute atomic E-state index is 10.7. The Morgan fingerprint density at radius 1 is 0.963 bits per heavy atom. The van der Waals surface area contributed by atoms with Gasteiger partial charge in [0.05, 0.1) is 6.10 Å². The summed E-state index contributed by atoms with van der Waals surface area (Å²) in [5.74, 6) is 0.0821. The first kappa shape index (κ1) is 21.6. The highest BCUT2D eigenvalue weighted by Gasteiger charge is 2.38. The quantitative estimate of drug-likeness (QED) is 0.418. The van der Waals surface area contributed by atoms with Crippen molar-refractivity contribution in [3.8, 4) is 0 Å². The van der Waals surface area contributed by atoms with Gasteiger partial charge in [-0.3, -0.25) is 0 Å². The van der Waals surface area contributed by atoms with Crippen LogP contribution in [0.1, 0.15) is 50.3 Å². The molecule has 0 aliphatic heterocycles. The molecule has 2 aromatic carbocycles.